The van der Waals surface area contributed by atoms with Crippen LogP contribution in [0.15, 0.2) is 65.4 Å². The van der Waals surface area contributed by atoms with Crippen molar-refractivity contribution >= 4 is 36.2 Å². The van der Waals surface area contributed by atoms with Crippen molar-refractivity contribution in [2.45, 2.75) is 58.5 Å². The second kappa shape index (κ2) is 9.85. The fraction of sp³-hybridized carbons (Fsp3) is 0.394. The number of anilines is 1. The van der Waals surface area contributed by atoms with Crippen molar-refractivity contribution in [3.8, 4) is 0 Å². The maximum atomic E-state index is 11.7. The first-order valence-electron chi connectivity index (χ1n) is 14.4. The zero-order valence-electron chi connectivity index (χ0n) is 23.0. The lowest BCUT2D eigenvalue weighted by atomic mass is 9.87. The van der Waals surface area contributed by atoms with Gasteiger partial charge in [-0.25, -0.2) is 9.37 Å². The van der Waals surface area contributed by atoms with Gasteiger partial charge in [-0.1, -0.05) is 25.2 Å². The Morgan fingerprint density at radius 3 is 2.32 bits per heavy atom. The van der Waals surface area contributed by atoms with E-state index < -0.39 is 14.0 Å². The summed E-state index contributed by atoms with van der Waals surface area (Å²) in [5.41, 5.74) is 9.12. The minimum atomic E-state index is -2.01. The van der Waals surface area contributed by atoms with Gasteiger partial charge in [0, 0.05) is 43.8 Å². The van der Waals surface area contributed by atoms with Crippen LogP contribution in [0.4, 0.5) is 5.69 Å². The maximum absolute atomic E-state index is 11.7. The van der Waals surface area contributed by atoms with Gasteiger partial charge in [0.05, 0.1) is 5.56 Å². The number of nitrogens with zero attached hydrogens (tertiary/aromatic N) is 2. The van der Waals surface area contributed by atoms with Gasteiger partial charge in [-0.2, -0.15) is 0 Å². The van der Waals surface area contributed by atoms with Crippen LogP contribution in [-0.2, 0) is 0 Å². The summed E-state index contributed by atoms with van der Waals surface area (Å²) in [5, 5.41) is 12.6. The zero-order chi connectivity index (χ0) is 26.4. The molecule has 2 fully saturated rings. The number of hydrogen-bond acceptors (Lipinski definition) is 2. The summed E-state index contributed by atoms with van der Waals surface area (Å²) in [6.07, 6.45) is 14.9. The number of carbonyl (C=O) groups is 1. The topological polar surface area (TPSA) is 43.5 Å². The van der Waals surface area contributed by atoms with Crippen LogP contribution >= 0.6 is 0 Å². The van der Waals surface area contributed by atoms with Crippen LogP contribution in [0.1, 0.15) is 65.6 Å². The van der Waals surface area contributed by atoms with Gasteiger partial charge in [-0.3, -0.25) is 0 Å². The van der Waals surface area contributed by atoms with Crippen LogP contribution in [0.2, 0.25) is 13.1 Å². The van der Waals surface area contributed by atoms with E-state index in [0.29, 0.717) is 5.56 Å². The molecule has 3 aliphatic heterocycles. The van der Waals surface area contributed by atoms with E-state index in [-0.39, 0.29) is 0 Å². The van der Waals surface area contributed by atoms with Crippen molar-refractivity contribution < 1.29 is 14.5 Å². The van der Waals surface area contributed by atoms with Crippen molar-refractivity contribution in [1.82, 2.24) is 0 Å². The van der Waals surface area contributed by atoms with Crippen LogP contribution < -0.4 is 10.1 Å². The quantitative estimate of drug-likeness (QED) is 0.391. The van der Waals surface area contributed by atoms with E-state index in [9.17, 15) is 9.90 Å². The van der Waals surface area contributed by atoms with E-state index in [1.807, 2.05) is 12.1 Å². The molecule has 1 N–H and O–H groups in total. The van der Waals surface area contributed by atoms with E-state index in [1.54, 1.807) is 6.07 Å². The third-order valence-electron chi connectivity index (χ3n) is 9.08. The average Bonchev–Trinajstić information content (AvgIpc) is 2.94. The van der Waals surface area contributed by atoms with E-state index in [0.717, 1.165) is 37.3 Å². The Bertz CT molecular complexity index is 1430. The Hall–Kier alpha value is -3.18. The monoisotopic (exact) mass is 523 g/mol. The van der Waals surface area contributed by atoms with E-state index in [2.05, 4.69) is 65.9 Å². The lowest BCUT2D eigenvalue weighted by Gasteiger charge is -2.39. The van der Waals surface area contributed by atoms with Crippen LogP contribution in [-0.4, -0.2) is 55.6 Å². The number of rotatable bonds is 3. The number of allylic oxidation sites excluding steroid dienone is 5. The van der Waals surface area contributed by atoms with Gasteiger partial charge >= 0.3 is 5.97 Å². The van der Waals surface area contributed by atoms with E-state index >= 15 is 0 Å². The second-order valence-corrected chi connectivity index (χ2v) is 16.2. The molecule has 0 spiro atoms. The molecule has 0 radical (unpaired) electrons. The van der Waals surface area contributed by atoms with Gasteiger partial charge in [-0.05, 0) is 101 Å². The first-order valence-corrected chi connectivity index (χ1v) is 17.4. The average molecular weight is 524 g/mol. The Morgan fingerprint density at radius 1 is 0.895 bits per heavy atom. The molecule has 4 aliphatic rings. The predicted octanol–water partition coefficient (Wildman–Crippen LogP) is 6.09. The van der Waals surface area contributed by atoms with Gasteiger partial charge in [0.1, 0.15) is 21.2 Å². The molecule has 196 valence electrons. The Labute approximate surface area is 227 Å². The van der Waals surface area contributed by atoms with Crippen molar-refractivity contribution in [3.63, 3.8) is 0 Å². The van der Waals surface area contributed by atoms with E-state index in [1.165, 1.54) is 77.0 Å². The minimum Gasteiger partial charge on any atom is -0.478 e. The number of fused-ring (bicyclic) bond motifs is 2. The lowest BCUT2D eigenvalue weighted by molar-refractivity contribution is -0.535. The fourth-order valence-corrected chi connectivity index (χ4v) is 9.96. The van der Waals surface area contributed by atoms with Crippen LogP contribution in [0.25, 0.3) is 5.57 Å². The summed E-state index contributed by atoms with van der Waals surface area (Å²) in [6.45, 7) is 11.6. The highest BCUT2D eigenvalue weighted by atomic mass is 28.3. The normalized spacial score (nSPS) is 20.7. The Morgan fingerprint density at radius 2 is 1.61 bits per heavy atom. The number of carboxylic acids is 1. The molecule has 3 heterocycles. The van der Waals surface area contributed by atoms with Crippen LogP contribution in [0.5, 0.6) is 0 Å². The molecule has 5 heteroatoms. The Balaban J connectivity index is 1.57. The largest absolute Gasteiger partial charge is 0.478 e. The molecule has 2 aromatic rings. The van der Waals surface area contributed by atoms with Crippen molar-refractivity contribution in [1.29, 1.82) is 0 Å². The number of carboxylic acid groups (broad SMARTS) is 1. The molecule has 0 aromatic heterocycles. The highest BCUT2D eigenvalue weighted by molar-refractivity contribution is 6.98. The van der Waals surface area contributed by atoms with Crippen molar-refractivity contribution in [3.05, 3.63) is 87.6 Å². The lowest BCUT2D eigenvalue weighted by Crippen LogP contribution is -2.50. The molecular weight excluding hydrogens is 484 g/mol. The number of aryl methyl sites for hydroxylation is 1. The number of benzene rings is 2. The maximum Gasteiger partial charge on any atom is 0.335 e. The van der Waals surface area contributed by atoms with Gasteiger partial charge in [0.25, 0.3) is 0 Å². The first-order chi connectivity index (χ1) is 18.3. The molecular formula is C33H39N2O2Si+. The van der Waals surface area contributed by atoms with E-state index in [4.69, 9.17) is 0 Å². The fourth-order valence-electron chi connectivity index (χ4n) is 6.89. The predicted molar refractivity (Wildman–Crippen MR) is 160 cm³/mol. The summed E-state index contributed by atoms with van der Waals surface area (Å²) in [6, 6.07) is 12.8. The molecule has 4 nitrogen and oxygen atoms in total. The number of aromatic carboxylic acids is 1. The molecule has 6 rings (SSSR count). The summed E-state index contributed by atoms with van der Waals surface area (Å²) in [4.78, 5) is 14.3. The third kappa shape index (κ3) is 4.31. The zero-order valence-corrected chi connectivity index (χ0v) is 24.0. The molecule has 1 aliphatic carbocycles. The molecule has 38 heavy (non-hydrogen) atoms. The summed E-state index contributed by atoms with van der Waals surface area (Å²) < 4.78 is 2.57. The summed E-state index contributed by atoms with van der Waals surface area (Å²) >= 11 is 0. The number of piperidine rings is 2. The molecule has 0 bridgehead atoms. The van der Waals surface area contributed by atoms with Crippen LogP contribution in [0, 0.1) is 6.92 Å². The highest BCUT2D eigenvalue weighted by Crippen LogP contribution is 2.43. The molecule has 2 aromatic carbocycles. The van der Waals surface area contributed by atoms with Gasteiger partial charge in [-0.15, -0.1) is 0 Å². The molecule has 0 amide bonds. The number of hydrogen-bond donors (Lipinski definition) is 1. The van der Waals surface area contributed by atoms with Crippen molar-refractivity contribution in [2.75, 3.05) is 31.1 Å². The second-order valence-electron chi connectivity index (χ2n) is 11.9. The standard InChI is InChI=1S/C33H38N2O2Si/c1-23-20-24(33(36)37)10-13-27(23)32-28-14-11-25(34-16-6-4-7-17-34)21-30(28)38(2,3)31-22-26(12-15-29(31)32)35-18-8-5-9-19-35/h10-15,20-22H,4-9,16-19H2,1-3H3/p+1. The summed E-state index contributed by atoms with van der Waals surface area (Å²) in [7, 11) is -2.01. The Kier molecular flexibility index (Phi) is 6.51. The smallest absolute Gasteiger partial charge is 0.335 e. The third-order valence-corrected chi connectivity index (χ3v) is 12.6. The summed E-state index contributed by atoms with van der Waals surface area (Å²) in [5.74, 6) is -0.875. The molecule has 0 atom stereocenters. The van der Waals surface area contributed by atoms with Gasteiger partial charge in [0.15, 0.2) is 5.71 Å². The first kappa shape index (κ1) is 25.1. The molecule has 0 unspecified atom stereocenters. The SMILES string of the molecule is Cc1cc(C(=O)O)ccc1C1=C2C=CC(=[N+]3CCCCC3)C=C2[Si](C)(C)c2cc(N3CCCCC3)ccc21. The highest BCUT2D eigenvalue weighted by Gasteiger charge is 2.41. The molecule has 2 saturated heterocycles. The van der Waals surface area contributed by atoms with Crippen molar-refractivity contribution in [2.24, 2.45) is 0 Å². The minimum absolute atomic E-state index is 0.346. The van der Waals surface area contributed by atoms with Gasteiger partial charge < -0.3 is 10.0 Å². The van der Waals surface area contributed by atoms with Gasteiger partial charge in [0.2, 0.25) is 0 Å². The van der Waals surface area contributed by atoms with Crippen LogP contribution in [0.3, 0.4) is 0 Å². The molecule has 0 saturated carbocycles.